The average molecular weight is 297 g/mol. The molecular formula is C13H17BrN2O. The summed E-state index contributed by atoms with van der Waals surface area (Å²) in [5, 5.41) is 3.23. The molecule has 0 aromatic heterocycles. The van der Waals surface area contributed by atoms with Crippen molar-refractivity contribution < 1.29 is 4.79 Å². The standard InChI is InChI=1S/C13H17BrN2O/c1-9-4-5-11(10(14)6-9)16-8-13(2,3)15-7-12(16)17/h4-6,15H,7-8H2,1-3H3. The third-order valence-corrected chi connectivity index (χ3v) is 3.60. The van der Waals surface area contributed by atoms with Crippen LogP contribution in [0.1, 0.15) is 19.4 Å². The third kappa shape index (κ3) is 2.69. The molecular weight excluding hydrogens is 280 g/mol. The molecule has 1 fully saturated rings. The van der Waals surface area contributed by atoms with Crippen molar-refractivity contribution in [3.63, 3.8) is 0 Å². The molecule has 0 aliphatic carbocycles. The molecule has 1 aromatic rings. The summed E-state index contributed by atoms with van der Waals surface area (Å²) in [6.07, 6.45) is 0. The lowest BCUT2D eigenvalue weighted by Gasteiger charge is -2.39. The molecule has 1 aliphatic rings. The normalized spacial score (nSPS) is 19.5. The van der Waals surface area contributed by atoms with E-state index in [2.05, 4.69) is 35.1 Å². The Bertz CT molecular complexity index is 457. The quantitative estimate of drug-likeness (QED) is 0.863. The largest absolute Gasteiger partial charge is 0.308 e. The van der Waals surface area contributed by atoms with E-state index >= 15 is 0 Å². The van der Waals surface area contributed by atoms with Crippen molar-refractivity contribution in [1.29, 1.82) is 0 Å². The maximum absolute atomic E-state index is 12.0. The van der Waals surface area contributed by atoms with Crippen LogP contribution in [0.3, 0.4) is 0 Å². The summed E-state index contributed by atoms with van der Waals surface area (Å²) < 4.78 is 0.976. The van der Waals surface area contributed by atoms with Crippen LogP contribution in [0.5, 0.6) is 0 Å². The average Bonchev–Trinajstić information content (AvgIpc) is 2.22. The summed E-state index contributed by atoms with van der Waals surface area (Å²) in [5.41, 5.74) is 2.09. The van der Waals surface area contributed by atoms with Crippen LogP contribution in [0, 0.1) is 6.92 Å². The molecule has 1 N–H and O–H groups in total. The first-order valence-corrected chi connectivity index (χ1v) is 6.50. The monoisotopic (exact) mass is 296 g/mol. The van der Waals surface area contributed by atoms with E-state index in [9.17, 15) is 4.79 Å². The molecule has 1 heterocycles. The SMILES string of the molecule is Cc1ccc(N2CC(C)(C)NCC2=O)c(Br)c1. The Balaban J connectivity index is 2.34. The van der Waals surface area contributed by atoms with Crippen LogP contribution in [0.4, 0.5) is 5.69 Å². The van der Waals surface area contributed by atoms with E-state index < -0.39 is 0 Å². The van der Waals surface area contributed by atoms with Gasteiger partial charge in [0.05, 0.1) is 12.2 Å². The van der Waals surface area contributed by atoms with Gasteiger partial charge in [0.25, 0.3) is 0 Å². The Kier molecular flexibility index (Phi) is 3.27. The second-order valence-corrected chi connectivity index (χ2v) is 6.03. The first-order valence-electron chi connectivity index (χ1n) is 5.71. The number of benzene rings is 1. The number of piperazine rings is 1. The van der Waals surface area contributed by atoms with Gasteiger partial charge in [0.2, 0.25) is 5.91 Å². The van der Waals surface area contributed by atoms with Crippen molar-refractivity contribution in [3.8, 4) is 0 Å². The number of aryl methyl sites for hydroxylation is 1. The topological polar surface area (TPSA) is 32.3 Å². The molecule has 0 radical (unpaired) electrons. The van der Waals surface area contributed by atoms with Gasteiger partial charge >= 0.3 is 0 Å². The summed E-state index contributed by atoms with van der Waals surface area (Å²) in [6, 6.07) is 6.07. The molecule has 2 rings (SSSR count). The highest BCUT2D eigenvalue weighted by atomic mass is 79.9. The van der Waals surface area contributed by atoms with Crippen LogP contribution in [-0.4, -0.2) is 24.5 Å². The number of amides is 1. The molecule has 1 saturated heterocycles. The Morgan fingerprint density at radius 1 is 1.41 bits per heavy atom. The van der Waals surface area contributed by atoms with Crippen molar-refractivity contribution in [2.24, 2.45) is 0 Å². The summed E-state index contributed by atoms with van der Waals surface area (Å²) in [5.74, 6) is 0.119. The minimum absolute atomic E-state index is 0.0434. The first kappa shape index (κ1) is 12.6. The lowest BCUT2D eigenvalue weighted by Crippen LogP contribution is -2.60. The Morgan fingerprint density at radius 2 is 2.12 bits per heavy atom. The van der Waals surface area contributed by atoms with Crippen LogP contribution in [0.25, 0.3) is 0 Å². The second-order valence-electron chi connectivity index (χ2n) is 5.17. The highest BCUT2D eigenvalue weighted by Crippen LogP contribution is 2.29. The van der Waals surface area contributed by atoms with Gasteiger partial charge in [-0.2, -0.15) is 0 Å². The van der Waals surface area contributed by atoms with Crippen molar-refractivity contribution in [1.82, 2.24) is 5.32 Å². The maximum Gasteiger partial charge on any atom is 0.241 e. The molecule has 1 aliphatic heterocycles. The van der Waals surface area contributed by atoms with Gasteiger partial charge in [-0.05, 0) is 54.4 Å². The van der Waals surface area contributed by atoms with Gasteiger partial charge in [-0.15, -0.1) is 0 Å². The molecule has 0 saturated carbocycles. The van der Waals surface area contributed by atoms with Gasteiger partial charge in [-0.3, -0.25) is 4.79 Å². The fourth-order valence-electron chi connectivity index (χ4n) is 2.00. The van der Waals surface area contributed by atoms with E-state index in [1.165, 1.54) is 5.56 Å². The zero-order valence-corrected chi connectivity index (χ0v) is 12.0. The van der Waals surface area contributed by atoms with Gasteiger partial charge in [0, 0.05) is 16.6 Å². The summed E-state index contributed by atoms with van der Waals surface area (Å²) >= 11 is 3.53. The number of anilines is 1. The zero-order valence-electron chi connectivity index (χ0n) is 10.4. The number of hydrogen-bond donors (Lipinski definition) is 1. The molecule has 0 atom stereocenters. The van der Waals surface area contributed by atoms with Gasteiger partial charge in [-0.1, -0.05) is 6.07 Å². The summed E-state index contributed by atoms with van der Waals surface area (Å²) in [4.78, 5) is 13.8. The Hall–Kier alpha value is -0.870. The number of nitrogens with zero attached hydrogens (tertiary/aromatic N) is 1. The minimum Gasteiger partial charge on any atom is -0.308 e. The molecule has 0 bridgehead atoms. The van der Waals surface area contributed by atoms with E-state index in [-0.39, 0.29) is 11.4 Å². The predicted molar refractivity (Wildman–Crippen MR) is 73.3 cm³/mol. The lowest BCUT2D eigenvalue weighted by molar-refractivity contribution is -0.119. The van der Waals surface area contributed by atoms with Crippen LogP contribution in [-0.2, 0) is 4.79 Å². The molecule has 3 nitrogen and oxygen atoms in total. The fraction of sp³-hybridized carbons (Fsp3) is 0.462. The number of carbonyl (C=O) groups excluding carboxylic acids is 1. The Labute approximate surface area is 110 Å². The summed E-state index contributed by atoms with van der Waals surface area (Å²) in [7, 11) is 0. The van der Waals surface area contributed by atoms with E-state index in [1.807, 2.05) is 30.0 Å². The molecule has 17 heavy (non-hydrogen) atoms. The fourth-order valence-corrected chi connectivity index (χ4v) is 2.71. The van der Waals surface area contributed by atoms with Crippen LogP contribution in [0.2, 0.25) is 0 Å². The van der Waals surface area contributed by atoms with E-state index in [0.717, 1.165) is 10.2 Å². The number of halogens is 1. The smallest absolute Gasteiger partial charge is 0.241 e. The zero-order chi connectivity index (χ0) is 12.6. The highest BCUT2D eigenvalue weighted by molar-refractivity contribution is 9.10. The van der Waals surface area contributed by atoms with Crippen molar-refractivity contribution in [3.05, 3.63) is 28.2 Å². The maximum atomic E-state index is 12.0. The number of hydrogen-bond acceptors (Lipinski definition) is 2. The Morgan fingerprint density at radius 3 is 2.76 bits per heavy atom. The highest BCUT2D eigenvalue weighted by Gasteiger charge is 2.32. The lowest BCUT2D eigenvalue weighted by atomic mass is 10.0. The van der Waals surface area contributed by atoms with Gasteiger partial charge in [0.1, 0.15) is 0 Å². The van der Waals surface area contributed by atoms with Crippen molar-refractivity contribution in [2.75, 3.05) is 18.0 Å². The van der Waals surface area contributed by atoms with Gasteiger partial charge in [-0.25, -0.2) is 0 Å². The molecule has 1 aromatic carbocycles. The van der Waals surface area contributed by atoms with Gasteiger partial charge in [0.15, 0.2) is 0 Å². The second kappa shape index (κ2) is 4.42. The number of rotatable bonds is 1. The predicted octanol–water partition coefficient (Wildman–Crippen LogP) is 2.47. The first-order chi connectivity index (χ1) is 7.89. The minimum atomic E-state index is -0.0434. The van der Waals surface area contributed by atoms with Crippen LogP contribution >= 0.6 is 15.9 Å². The van der Waals surface area contributed by atoms with Crippen molar-refractivity contribution in [2.45, 2.75) is 26.3 Å². The van der Waals surface area contributed by atoms with E-state index in [1.54, 1.807) is 0 Å². The third-order valence-electron chi connectivity index (χ3n) is 2.97. The van der Waals surface area contributed by atoms with E-state index in [4.69, 9.17) is 0 Å². The van der Waals surface area contributed by atoms with Crippen LogP contribution in [0.15, 0.2) is 22.7 Å². The molecule has 4 heteroatoms. The molecule has 0 spiro atoms. The molecule has 92 valence electrons. The van der Waals surface area contributed by atoms with Crippen molar-refractivity contribution >= 4 is 27.5 Å². The summed E-state index contributed by atoms with van der Waals surface area (Å²) in [6.45, 7) is 7.34. The van der Waals surface area contributed by atoms with Crippen LogP contribution < -0.4 is 10.2 Å². The van der Waals surface area contributed by atoms with Gasteiger partial charge < -0.3 is 10.2 Å². The molecule has 0 unspecified atom stereocenters. The van der Waals surface area contributed by atoms with E-state index in [0.29, 0.717) is 13.1 Å². The number of carbonyl (C=O) groups is 1. The molecule has 1 amide bonds. The number of nitrogens with one attached hydrogen (secondary N) is 1.